The van der Waals surface area contributed by atoms with Gasteiger partial charge in [0.25, 0.3) is 23.4 Å². The first-order chi connectivity index (χ1) is 13.3. The molecule has 0 saturated heterocycles. The van der Waals surface area contributed by atoms with Gasteiger partial charge in [-0.1, -0.05) is 17.8 Å². The molecule has 1 aromatic carbocycles. The molecule has 1 N–H and O–H groups in total. The molecule has 0 spiro atoms. The molecule has 0 bridgehead atoms. The van der Waals surface area contributed by atoms with Gasteiger partial charge < -0.3 is 5.32 Å². The van der Waals surface area contributed by atoms with Gasteiger partial charge in [0.15, 0.2) is 5.17 Å². The van der Waals surface area contributed by atoms with Crippen molar-refractivity contribution in [1.29, 1.82) is 0 Å². The molecule has 0 fully saturated rings. The average Bonchev–Trinajstić information content (AvgIpc) is 3.08. The van der Waals surface area contributed by atoms with Crippen LogP contribution in [0.1, 0.15) is 46.9 Å². The maximum Gasteiger partial charge on any atom is 0.282 e. The minimum atomic E-state index is -0.694. The molecule has 0 radical (unpaired) electrons. The van der Waals surface area contributed by atoms with Gasteiger partial charge in [-0.2, -0.15) is 4.99 Å². The lowest BCUT2D eigenvalue weighted by Crippen LogP contribution is -2.31. The Labute approximate surface area is 163 Å². The van der Waals surface area contributed by atoms with Gasteiger partial charge in [0, 0.05) is 19.0 Å². The molecular weight excluding hydrogens is 388 g/mol. The lowest BCUT2D eigenvalue weighted by atomic mass is 10.1. The molecule has 0 unspecified atom stereocenters. The third kappa shape index (κ3) is 3.79. The minimum absolute atomic E-state index is 0.0204. The van der Waals surface area contributed by atoms with Crippen LogP contribution in [0.15, 0.2) is 23.2 Å². The Hall–Kier alpha value is -3.08. The van der Waals surface area contributed by atoms with Crippen molar-refractivity contribution in [2.75, 3.05) is 6.54 Å². The molecule has 0 aliphatic carbocycles. The molecular formula is C17H16N4O6S. The Morgan fingerprint density at radius 3 is 2.68 bits per heavy atom. The van der Waals surface area contributed by atoms with E-state index < -0.39 is 22.4 Å². The van der Waals surface area contributed by atoms with E-state index in [0.717, 1.165) is 4.90 Å². The maximum atomic E-state index is 12.4. The van der Waals surface area contributed by atoms with Gasteiger partial charge in [-0.25, -0.2) is 0 Å². The lowest BCUT2D eigenvalue weighted by Gasteiger charge is -2.13. The number of aliphatic imine (C=N–C) groups is 1. The number of nitrogens with one attached hydrogen (secondary N) is 1. The Morgan fingerprint density at radius 2 is 2.04 bits per heavy atom. The summed E-state index contributed by atoms with van der Waals surface area (Å²) in [5.74, 6) is -1.87. The second kappa shape index (κ2) is 7.89. The average molecular weight is 404 g/mol. The predicted octanol–water partition coefficient (Wildman–Crippen LogP) is 1.50. The van der Waals surface area contributed by atoms with E-state index in [4.69, 9.17) is 0 Å². The fourth-order valence-electron chi connectivity index (χ4n) is 2.90. The molecule has 2 aliphatic rings. The van der Waals surface area contributed by atoms with Crippen LogP contribution < -0.4 is 5.32 Å². The van der Waals surface area contributed by atoms with Gasteiger partial charge >= 0.3 is 0 Å². The van der Waals surface area contributed by atoms with Gasteiger partial charge in [0.1, 0.15) is 5.56 Å². The number of nitrogens with zero attached hydrogens (tertiary/aromatic N) is 3. The minimum Gasteiger partial charge on any atom is -0.305 e. The normalized spacial score (nSPS) is 18.3. The summed E-state index contributed by atoms with van der Waals surface area (Å²) in [6, 6.07) is 3.94. The van der Waals surface area contributed by atoms with Crippen LogP contribution in [0.2, 0.25) is 0 Å². The van der Waals surface area contributed by atoms with E-state index in [-0.39, 0.29) is 46.3 Å². The van der Waals surface area contributed by atoms with Crippen LogP contribution in [-0.4, -0.2) is 50.4 Å². The first-order valence-electron chi connectivity index (χ1n) is 8.52. The van der Waals surface area contributed by atoms with E-state index in [2.05, 4.69) is 10.3 Å². The zero-order chi connectivity index (χ0) is 20.4. The summed E-state index contributed by atoms with van der Waals surface area (Å²) < 4.78 is 0. The van der Waals surface area contributed by atoms with Crippen LogP contribution in [0.25, 0.3) is 0 Å². The highest BCUT2D eigenvalue weighted by molar-refractivity contribution is 8.15. The summed E-state index contributed by atoms with van der Waals surface area (Å²) in [6.07, 6.45) is 0.885. The summed E-state index contributed by atoms with van der Waals surface area (Å²) in [4.78, 5) is 63.1. The van der Waals surface area contributed by atoms with Gasteiger partial charge in [-0.3, -0.25) is 34.2 Å². The molecule has 1 atom stereocenters. The third-order valence-electron chi connectivity index (χ3n) is 4.30. The molecule has 28 heavy (non-hydrogen) atoms. The summed E-state index contributed by atoms with van der Waals surface area (Å²) >= 11 is 1.17. The molecule has 0 saturated carbocycles. The number of benzene rings is 1. The van der Waals surface area contributed by atoms with E-state index in [0.29, 0.717) is 12.8 Å². The maximum absolute atomic E-state index is 12.4. The number of thioether (sulfide) groups is 1. The standard InChI is InChI=1S/C17H16N4O6S/c1-9-14(23)19-17(28-9)18-12(22)7-2-3-8-20-15(24)10-5-4-6-11(21(26)27)13(10)16(20)25/h4-6,9H,2-3,7-8H2,1H3,(H,18,19,22,23)/t9-/m0/s1. The number of amidine groups is 1. The number of hydrogen-bond donors (Lipinski definition) is 1. The van der Waals surface area contributed by atoms with Crippen LogP contribution in [-0.2, 0) is 9.59 Å². The number of unbranched alkanes of at least 4 members (excludes halogenated alkanes) is 1. The van der Waals surface area contributed by atoms with Crippen molar-refractivity contribution in [2.24, 2.45) is 4.99 Å². The van der Waals surface area contributed by atoms with Crippen LogP contribution in [0.4, 0.5) is 5.69 Å². The monoisotopic (exact) mass is 404 g/mol. The number of nitro benzene ring substituents is 1. The predicted molar refractivity (Wildman–Crippen MR) is 100.0 cm³/mol. The number of amides is 4. The van der Waals surface area contributed by atoms with E-state index in [9.17, 15) is 29.3 Å². The van der Waals surface area contributed by atoms with Gasteiger partial charge in [-0.15, -0.1) is 0 Å². The lowest BCUT2D eigenvalue weighted by molar-refractivity contribution is -0.385. The Bertz CT molecular complexity index is 928. The topological polar surface area (TPSA) is 139 Å². The highest BCUT2D eigenvalue weighted by atomic mass is 32.2. The van der Waals surface area contributed by atoms with Crippen LogP contribution in [0.5, 0.6) is 0 Å². The quantitative estimate of drug-likeness (QED) is 0.328. The fraction of sp³-hybridized carbons (Fsp3) is 0.353. The fourth-order valence-corrected chi connectivity index (χ4v) is 3.70. The third-order valence-corrected chi connectivity index (χ3v) is 5.28. The van der Waals surface area contributed by atoms with Crippen LogP contribution >= 0.6 is 11.8 Å². The number of fused-ring (bicyclic) bond motifs is 1. The summed E-state index contributed by atoms with van der Waals surface area (Å²) in [6.45, 7) is 1.75. The van der Waals surface area contributed by atoms with Crippen molar-refractivity contribution in [3.05, 3.63) is 39.4 Å². The van der Waals surface area contributed by atoms with Gasteiger partial charge in [0.2, 0.25) is 5.91 Å². The van der Waals surface area contributed by atoms with E-state index in [1.807, 2.05) is 0 Å². The Balaban J connectivity index is 1.51. The zero-order valence-corrected chi connectivity index (χ0v) is 15.7. The van der Waals surface area contributed by atoms with Crippen molar-refractivity contribution < 1.29 is 24.1 Å². The van der Waals surface area contributed by atoms with Crippen molar-refractivity contribution in [3.8, 4) is 0 Å². The van der Waals surface area contributed by atoms with E-state index in [1.165, 1.54) is 30.0 Å². The molecule has 146 valence electrons. The Morgan fingerprint density at radius 1 is 1.29 bits per heavy atom. The number of carbonyl (C=O) groups is 4. The van der Waals surface area contributed by atoms with Crippen LogP contribution in [0.3, 0.4) is 0 Å². The molecule has 0 aromatic heterocycles. The highest BCUT2D eigenvalue weighted by Crippen LogP contribution is 2.30. The van der Waals surface area contributed by atoms with E-state index in [1.54, 1.807) is 6.92 Å². The molecule has 4 amide bonds. The largest absolute Gasteiger partial charge is 0.305 e. The van der Waals surface area contributed by atoms with Crippen molar-refractivity contribution >= 4 is 46.2 Å². The molecule has 2 aliphatic heterocycles. The summed E-state index contributed by atoms with van der Waals surface area (Å²) in [7, 11) is 0. The molecule has 2 heterocycles. The first-order valence-corrected chi connectivity index (χ1v) is 9.40. The number of carbonyl (C=O) groups excluding carboxylic acids is 4. The zero-order valence-electron chi connectivity index (χ0n) is 14.8. The molecule has 3 rings (SSSR count). The Kier molecular flexibility index (Phi) is 5.54. The number of imide groups is 1. The van der Waals surface area contributed by atoms with E-state index >= 15 is 0 Å². The first kappa shape index (κ1) is 19.7. The van der Waals surface area contributed by atoms with Crippen molar-refractivity contribution in [2.45, 2.75) is 31.4 Å². The van der Waals surface area contributed by atoms with Crippen molar-refractivity contribution in [3.63, 3.8) is 0 Å². The SMILES string of the molecule is C[C@@H]1SC(NC(=O)CCCCN2C(=O)c3cccc([N+](=O)[O-])c3C2=O)=NC1=O. The molecule has 10 nitrogen and oxygen atoms in total. The number of nitro groups is 1. The number of rotatable bonds is 6. The smallest absolute Gasteiger partial charge is 0.282 e. The van der Waals surface area contributed by atoms with Gasteiger partial charge in [-0.05, 0) is 25.8 Å². The second-order valence-corrected chi connectivity index (χ2v) is 7.57. The van der Waals surface area contributed by atoms with Crippen LogP contribution in [0, 0.1) is 10.1 Å². The van der Waals surface area contributed by atoms with Crippen molar-refractivity contribution in [1.82, 2.24) is 10.2 Å². The number of hydrogen-bond acceptors (Lipinski definition) is 7. The van der Waals surface area contributed by atoms with Gasteiger partial charge in [0.05, 0.1) is 15.7 Å². The molecule has 1 aromatic rings. The highest BCUT2D eigenvalue weighted by Gasteiger charge is 2.40. The molecule has 11 heteroatoms. The summed E-state index contributed by atoms with van der Waals surface area (Å²) in [5.41, 5.74) is -0.561. The summed E-state index contributed by atoms with van der Waals surface area (Å²) in [5, 5.41) is 13.6. The second-order valence-electron chi connectivity index (χ2n) is 6.24.